The fraction of sp³-hybridized carbons (Fsp3) is 0.429. The van der Waals surface area contributed by atoms with Crippen LogP contribution in [0.15, 0.2) is 29.0 Å². The van der Waals surface area contributed by atoms with Crippen molar-refractivity contribution in [1.82, 2.24) is 5.32 Å². The van der Waals surface area contributed by atoms with Gasteiger partial charge in [-0.25, -0.2) is 0 Å². The standard InChI is InChI=1S/C14H19NO2S2/c1-2-14(9-16,10-17)15-7-12-6-11(8-19-12)13-4-3-5-18-13/h3-6,8,15-17H,2,7,9-10H2,1H3. The van der Waals surface area contributed by atoms with Crippen molar-refractivity contribution in [3.05, 3.63) is 33.8 Å². The van der Waals surface area contributed by atoms with E-state index >= 15 is 0 Å². The fourth-order valence-corrected chi connectivity index (χ4v) is 3.44. The van der Waals surface area contributed by atoms with Crippen molar-refractivity contribution in [1.29, 1.82) is 0 Å². The molecule has 0 amide bonds. The molecule has 0 fully saturated rings. The summed E-state index contributed by atoms with van der Waals surface area (Å²) in [7, 11) is 0. The molecule has 0 unspecified atom stereocenters. The quantitative estimate of drug-likeness (QED) is 0.736. The Bertz CT molecular complexity index is 481. The number of rotatable bonds is 7. The predicted octanol–water partition coefficient (Wildman–Crippen LogP) is 2.70. The molecule has 5 heteroatoms. The van der Waals surface area contributed by atoms with E-state index in [1.165, 1.54) is 15.3 Å². The Kier molecular flexibility index (Phi) is 5.13. The van der Waals surface area contributed by atoms with Crippen LogP contribution < -0.4 is 5.32 Å². The van der Waals surface area contributed by atoms with Crippen LogP contribution in [0.2, 0.25) is 0 Å². The van der Waals surface area contributed by atoms with Crippen molar-refractivity contribution in [3.8, 4) is 10.4 Å². The first-order chi connectivity index (χ1) is 9.23. The van der Waals surface area contributed by atoms with Crippen molar-refractivity contribution >= 4 is 22.7 Å². The van der Waals surface area contributed by atoms with Crippen LogP contribution in [-0.4, -0.2) is 29.0 Å². The highest BCUT2D eigenvalue weighted by atomic mass is 32.1. The van der Waals surface area contributed by atoms with Gasteiger partial charge in [0.1, 0.15) is 0 Å². The van der Waals surface area contributed by atoms with Gasteiger partial charge in [-0.1, -0.05) is 13.0 Å². The van der Waals surface area contributed by atoms with E-state index in [0.29, 0.717) is 13.0 Å². The van der Waals surface area contributed by atoms with Gasteiger partial charge in [-0.15, -0.1) is 22.7 Å². The van der Waals surface area contributed by atoms with Gasteiger partial charge in [0.2, 0.25) is 0 Å². The summed E-state index contributed by atoms with van der Waals surface area (Å²) in [5, 5.41) is 26.3. The van der Waals surface area contributed by atoms with E-state index in [1.54, 1.807) is 22.7 Å². The van der Waals surface area contributed by atoms with E-state index in [1.807, 2.05) is 6.92 Å². The molecule has 0 spiro atoms. The molecule has 2 rings (SSSR count). The fourth-order valence-electron chi connectivity index (χ4n) is 1.83. The van der Waals surface area contributed by atoms with E-state index in [0.717, 1.165) is 0 Å². The number of thiophene rings is 2. The van der Waals surface area contributed by atoms with Gasteiger partial charge in [-0.05, 0) is 29.3 Å². The van der Waals surface area contributed by atoms with Gasteiger partial charge in [0, 0.05) is 21.9 Å². The molecule has 0 saturated carbocycles. The Hall–Kier alpha value is -0.720. The summed E-state index contributed by atoms with van der Waals surface area (Å²) in [6, 6.07) is 6.33. The van der Waals surface area contributed by atoms with Crippen molar-refractivity contribution < 1.29 is 10.2 Å². The molecule has 0 aliphatic carbocycles. The first kappa shape index (κ1) is 14.7. The maximum Gasteiger partial charge on any atom is 0.0648 e. The zero-order valence-electron chi connectivity index (χ0n) is 10.9. The number of nitrogens with one attached hydrogen (secondary N) is 1. The van der Waals surface area contributed by atoms with Gasteiger partial charge in [0.05, 0.1) is 18.8 Å². The smallest absolute Gasteiger partial charge is 0.0648 e. The van der Waals surface area contributed by atoms with Crippen molar-refractivity contribution in [2.45, 2.75) is 25.4 Å². The lowest BCUT2D eigenvalue weighted by molar-refractivity contribution is 0.0866. The summed E-state index contributed by atoms with van der Waals surface area (Å²) in [6.07, 6.45) is 0.698. The van der Waals surface area contributed by atoms with Gasteiger partial charge in [0.25, 0.3) is 0 Å². The van der Waals surface area contributed by atoms with E-state index in [9.17, 15) is 10.2 Å². The summed E-state index contributed by atoms with van der Waals surface area (Å²) in [5.74, 6) is 0. The van der Waals surface area contributed by atoms with E-state index in [-0.39, 0.29) is 13.2 Å². The molecule has 0 aromatic carbocycles. The third kappa shape index (κ3) is 3.43. The van der Waals surface area contributed by atoms with Crippen molar-refractivity contribution in [2.75, 3.05) is 13.2 Å². The molecule has 2 aromatic rings. The molecule has 19 heavy (non-hydrogen) atoms. The highest BCUT2D eigenvalue weighted by Crippen LogP contribution is 2.29. The maximum atomic E-state index is 9.39. The average Bonchev–Trinajstić information content (AvgIpc) is 3.12. The Morgan fingerprint density at radius 3 is 2.63 bits per heavy atom. The molecular weight excluding hydrogens is 278 g/mol. The largest absolute Gasteiger partial charge is 0.394 e. The minimum atomic E-state index is -0.576. The normalized spacial score (nSPS) is 11.9. The number of aliphatic hydroxyl groups is 2. The predicted molar refractivity (Wildman–Crippen MR) is 81.7 cm³/mol. The molecule has 0 aliphatic heterocycles. The maximum absolute atomic E-state index is 9.39. The van der Waals surface area contributed by atoms with Gasteiger partial charge >= 0.3 is 0 Å². The second-order valence-corrected chi connectivity index (χ2v) is 6.53. The Labute approximate surface area is 121 Å². The molecule has 0 saturated heterocycles. The highest BCUT2D eigenvalue weighted by molar-refractivity contribution is 7.14. The molecular formula is C14H19NO2S2. The molecule has 0 aliphatic rings. The summed E-state index contributed by atoms with van der Waals surface area (Å²) < 4.78 is 0. The zero-order valence-corrected chi connectivity index (χ0v) is 12.6. The molecule has 0 radical (unpaired) electrons. The Morgan fingerprint density at radius 1 is 1.26 bits per heavy atom. The topological polar surface area (TPSA) is 52.5 Å². The summed E-state index contributed by atoms with van der Waals surface area (Å²) >= 11 is 3.43. The van der Waals surface area contributed by atoms with Crippen LogP contribution in [0.4, 0.5) is 0 Å². The molecule has 104 valence electrons. The lowest BCUT2D eigenvalue weighted by atomic mass is 9.98. The van der Waals surface area contributed by atoms with Crippen LogP contribution >= 0.6 is 22.7 Å². The lowest BCUT2D eigenvalue weighted by Crippen LogP contribution is -2.50. The van der Waals surface area contributed by atoms with E-state index in [2.05, 4.69) is 34.3 Å². The van der Waals surface area contributed by atoms with Gasteiger partial charge < -0.3 is 15.5 Å². The third-order valence-corrected chi connectivity index (χ3v) is 5.23. The van der Waals surface area contributed by atoms with Gasteiger partial charge in [-0.2, -0.15) is 0 Å². The summed E-state index contributed by atoms with van der Waals surface area (Å²) in [6.45, 7) is 2.53. The van der Waals surface area contributed by atoms with Crippen LogP contribution in [0, 0.1) is 0 Å². The lowest BCUT2D eigenvalue weighted by Gasteiger charge is -2.29. The number of aliphatic hydroxyl groups excluding tert-OH is 2. The molecule has 0 bridgehead atoms. The minimum absolute atomic E-state index is 0.0524. The summed E-state index contributed by atoms with van der Waals surface area (Å²) in [5.41, 5.74) is 0.666. The number of hydrogen-bond donors (Lipinski definition) is 3. The SMILES string of the molecule is CCC(CO)(CO)NCc1cc(-c2cccs2)cs1. The third-order valence-electron chi connectivity index (χ3n) is 3.38. The first-order valence-corrected chi connectivity index (χ1v) is 8.07. The van der Waals surface area contributed by atoms with Crippen molar-refractivity contribution in [2.24, 2.45) is 0 Å². The van der Waals surface area contributed by atoms with Crippen LogP contribution in [-0.2, 0) is 6.54 Å². The Morgan fingerprint density at radius 2 is 2.05 bits per heavy atom. The first-order valence-electron chi connectivity index (χ1n) is 6.31. The Balaban J connectivity index is 2.01. The highest BCUT2D eigenvalue weighted by Gasteiger charge is 2.25. The molecule has 2 aromatic heterocycles. The second kappa shape index (κ2) is 6.63. The molecule has 3 nitrogen and oxygen atoms in total. The molecule has 0 atom stereocenters. The summed E-state index contributed by atoms with van der Waals surface area (Å²) in [4.78, 5) is 2.48. The van der Waals surface area contributed by atoms with E-state index < -0.39 is 5.54 Å². The van der Waals surface area contributed by atoms with Gasteiger partial charge in [-0.3, -0.25) is 0 Å². The second-order valence-electron chi connectivity index (χ2n) is 4.58. The minimum Gasteiger partial charge on any atom is -0.394 e. The zero-order chi connectivity index (χ0) is 13.7. The van der Waals surface area contributed by atoms with Crippen molar-refractivity contribution in [3.63, 3.8) is 0 Å². The molecule has 2 heterocycles. The number of hydrogen-bond acceptors (Lipinski definition) is 5. The van der Waals surface area contributed by atoms with Crippen LogP contribution in [0.1, 0.15) is 18.2 Å². The monoisotopic (exact) mass is 297 g/mol. The van der Waals surface area contributed by atoms with Crippen LogP contribution in [0.25, 0.3) is 10.4 Å². The average molecular weight is 297 g/mol. The molecule has 3 N–H and O–H groups in total. The van der Waals surface area contributed by atoms with Gasteiger partial charge in [0.15, 0.2) is 0 Å². The van der Waals surface area contributed by atoms with E-state index in [4.69, 9.17) is 0 Å². The van der Waals surface area contributed by atoms with Crippen LogP contribution in [0.5, 0.6) is 0 Å². The van der Waals surface area contributed by atoms with Crippen LogP contribution in [0.3, 0.4) is 0 Å².